The van der Waals surface area contributed by atoms with Gasteiger partial charge in [-0.1, -0.05) is 142 Å². The fourth-order valence-electron chi connectivity index (χ4n) is 5.62. The van der Waals surface area contributed by atoms with Crippen LogP contribution in [0.2, 0.25) is 0 Å². The molecule has 0 aliphatic carbocycles. The molecular formula is C37H73O13P. The topological polar surface area (TPSA) is 210 Å². The SMILES string of the molecule is CCCCCCCCCCCCCCCC(=O)OC[C@H](COP(=O)(O)O[C@H](CO)[C@@H](O)[C@H](O)[C@H](O)CO)OC(=O)CCCCCCCCCCC. The molecule has 51 heavy (non-hydrogen) atoms. The summed E-state index contributed by atoms with van der Waals surface area (Å²) in [6, 6.07) is 0. The molecule has 0 saturated carbocycles. The highest BCUT2D eigenvalue weighted by Crippen LogP contribution is 2.45. The number of ether oxygens (including phenoxy) is 2. The van der Waals surface area contributed by atoms with Gasteiger partial charge in [0.15, 0.2) is 6.10 Å². The van der Waals surface area contributed by atoms with Crippen LogP contribution in [0.15, 0.2) is 0 Å². The maximum atomic E-state index is 12.6. The molecule has 0 radical (unpaired) electrons. The summed E-state index contributed by atoms with van der Waals surface area (Å²) >= 11 is 0. The first-order valence-electron chi connectivity index (χ1n) is 19.8. The van der Waals surface area contributed by atoms with E-state index in [9.17, 15) is 39.5 Å². The lowest BCUT2D eigenvalue weighted by Crippen LogP contribution is -2.47. The van der Waals surface area contributed by atoms with Gasteiger partial charge in [0.05, 0.1) is 19.8 Å². The molecule has 13 nitrogen and oxygen atoms in total. The summed E-state index contributed by atoms with van der Waals surface area (Å²) in [6.45, 7) is 1.30. The van der Waals surface area contributed by atoms with E-state index in [0.717, 1.165) is 44.9 Å². The molecule has 0 amide bonds. The number of phosphoric ester groups is 1. The van der Waals surface area contributed by atoms with Crippen LogP contribution >= 0.6 is 7.82 Å². The maximum Gasteiger partial charge on any atom is 0.472 e. The van der Waals surface area contributed by atoms with Gasteiger partial charge in [0.25, 0.3) is 0 Å². The lowest BCUT2D eigenvalue weighted by molar-refractivity contribution is -0.161. The zero-order valence-electron chi connectivity index (χ0n) is 31.7. The number of esters is 2. The summed E-state index contributed by atoms with van der Waals surface area (Å²) < 4.78 is 33.1. The minimum Gasteiger partial charge on any atom is -0.462 e. The van der Waals surface area contributed by atoms with Crippen molar-refractivity contribution in [2.75, 3.05) is 26.4 Å². The molecule has 0 heterocycles. The van der Waals surface area contributed by atoms with Gasteiger partial charge in [0, 0.05) is 12.8 Å². The Morgan fingerprint density at radius 3 is 1.39 bits per heavy atom. The smallest absolute Gasteiger partial charge is 0.462 e. The molecule has 0 fully saturated rings. The third kappa shape index (κ3) is 29.0. The van der Waals surface area contributed by atoms with Crippen LogP contribution in [0.3, 0.4) is 0 Å². The molecule has 0 aliphatic heterocycles. The normalized spacial score (nSPS) is 15.8. The van der Waals surface area contributed by atoms with E-state index in [-0.39, 0.29) is 12.8 Å². The second-order valence-electron chi connectivity index (χ2n) is 13.7. The van der Waals surface area contributed by atoms with Crippen LogP contribution in [0.4, 0.5) is 0 Å². The average Bonchev–Trinajstić information content (AvgIpc) is 3.11. The van der Waals surface area contributed by atoms with E-state index in [1.165, 1.54) is 83.5 Å². The number of carbonyl (C=O) groups is 2. The molecule has 304 valence electrons. The van der Waals surface area contributed by atoms with Crippen molar-refractivity contribution in [2.45, 2.75) is 198 Å². The molecule has 6 atom stereocenters. The van der Waals surface area contributed by atoms with Crippen LogP contribution in [-0.2, 0) is 32.7 Å². The molecule has 14 heteroatoms. The third-order valence-electron chi connectivity index (χ3n) is 8.88. The van der Waals surface area contributed by atoms with Gasteiger partial charge < -0.3 is 39.9 Å². The minimum absolute atomic E-state index is 0.108. The van der Waals surface area contributed by atoms with Gasteiger partial charge in [0.1, 0.15) is 31.0 Å². The van der Waals surface area contributed by atoms with Gasteiger partial charge in [-0.3, -0.25) is 18.6 Å². The van der Waals surface area contributed by atoms with Gasteiger partial charge in [0.2, 0.25) is 0 Å². The lowest BCUT2D eigenvalue weighted by atomic mass is 10.0. The van der Waals surface area contributed by atoms with Crippen molar-refractivity contribution < 1.29 is 63.1 Å². The van der Waals surface area contributed by atoms with Gasteiger partial charge in [-0.25, -0.2) is 4.57 Å². The first-order chi connectivity index (χ1) is 24.5. The zero-order valence-corrected chi connectivity index (χ0v) is 32.6. The Kier molecular flexibility index (Phi) is 32.7. The second kappa shape index (κ2) is 33.4. The van der Waals surface area contributed by atoms with Crippen molar-refractivity contribution in [3.05, 3.63) is 0 Å². The summed E-state index contributed by atoms with van der Waals surface area (Å²) in [5.41, 5.74) is 0. The first-order valence-corrected chi connectivity index (χ1v) is 21.3. The Hall–Kier alpha value is -1.15. The monoisotopic (exact) mass is 756 g/mol. The number of aliphatic hydroxyl groups is 5. The number of carbonyl (C=O) groups excluding carboxylic acids is 2. The van der Waals surface area contributed by atoms with Gasteiger partial charge in [-0.05, 0) is 12.8 Å². The quantitative estimate of drug-likeness (QED) is 0.0230. The second-order valence-corrected chi connectivity index (χ2v) is 15.1. The van der Waals surface area contributed by atoms with Crippen molar-refractivity contribution in [3.8, 4) is 0 Å². The fourth-order valence-corrected chi connectivity index (χ4v) is 6.57. The van der Waals surface area contributed by atoms with Crippen molar-refractivity contribution >= 4 is 19.8 Å². The predicted molar refractivity (Wildman–Crippen MR) is 196 cm³/mol. The summed E-state index contributed by atoms with van der Waals surface area (Å²) in [6.07, 6.45) is 16.1. The number of aliphatic hydroxyl groups excluding tert-OH is 5. The Morgan fingerprint density at radius 2 is 0.980 bits per heavy atom. The number of phosphoric acid groups is 1. The molecule has 0 rings (SSSR count). The number of hydrogen-bond donors (Lipinski definition) is 6. The molecule has 0 saturated heterocycles. The summed E-state index contributed by atoms with van der Waals surface area (Å²) in [4.78, 5) is 35.3. The Bertz CT molecular complexity index is 877. The Balaban J connectivity index is 4.78. The van der Waals surface area contributed by atoms with Crippen LogP contribution < -0.4 is 0 Å². The molecule has 0 aromatic carbocycles. The van der Waals surface area contributed by atoms with E-state index in [0.29, 0.717) is 12.8 Å². The number of unbranched alkanes of at least 4 members (excludes halogenated alkanes) is 20. The fraction of sp³-hybridized carbons (Fsp3) is 0.946. The number of rotatable bonds is 37. The minimum atomic E-state index is -5.04. The van der Waals surface area contributed by atoms with Crippen LogP contribution in [0.25, 0.3) is 0 Å². The van der Waals surface area contributed by atoms with E-state index in [1.54, 1.807) is 0 Å². The zero-order chi connectivity index (χ0) is 38.2. The average molecular weight is 757 g/mol. The summed E-state index contributed by atoms with van der Waals surface area (Å²) in [5, 5.41) is 48.1. The molecule has 0 spiro atoms. The third-order valence-corrected chi connectivity index (χ3v) is 9.89. The van der Waals surface area contributed by atoms with Crippen LogP contribution in [-0.4, -0.2) is 99.3 Å². The highest BCUT2D eigenvalue weighted by atomic mass is 31.2. The lowest BCUT2D eigenvalue weighted by Gasteiger charge is -2.28. The maximum absolute atomic E-state index is 12.6. The molecular weight excluding hydrogens is 683 g/mol. The molecule has 1 unspecified atom stereocenters. The Morgan fingerprint density at radius 1 is 0.569 bits per heavy atom. The van der Waals surface area contributed by atoms with Gasteiger partial charge >= 0.3 is 19.8 Å². The van der Waals surface area contributed by atoms with Crippen LogP contribution in [0, 0.1) is 0 Å². The standard InChI is InChI=1S/C37H73O13P/c1-3-5-7-9-11-13-14-15-16-18-19-21-23-25-34(41)47-29-31(49-35(42)26-24-22-20-17-12-10-8-6-4-2)30-48-51(45,46)50-33(28-39)37(44)36(43)32(40)27-38/h31-33,36-40,43-44H,3-30H2,1-2H3,(H,45,46)/t31-,32-,33-,36-,37-/m1/s1. The van der Waals surface area contributed by atoms with Crippen molar-refractivity contribution in [1.82, 2.24) is 0 Å². The van der Waals surface area contributed by atoms with Crippen LogP contribution in [0.1, 0.15) is 168 Å². The highest BCUT2D eigenvalue weighted by Gasteiger charge is 2.37. The van der Waals surface area contributed by atoms with E-state index in [1.807, 2.05) is 0 Å². The van der Waals surface area contributed by atoms with Crippen molar-refractivity contribution in [3.63, 3.8) is 0 Å². The van der Waals surface area contributed by atoms with E-state index in [4.69, 9.17) is 23.6 Å². The van der Waals surface area contributed by atoms with Gasteiger partial charge in [-0.15, -0.1) is 0 Å². The summed E-state index contributed by atoms with van der Waals surface area (Å²) in [7, 11) is -5.04. The van der Waals surface area contributed by atoms with E-state index in [2.05, 4.69) is 13.8 Å². The van der Waals surface area contributed by atoms with E-state index < -0.39 is 76.7 Å². The van der Waals surface area contributed by atoms with Crippen LogP contribution in [0.5, 0.6) is 0 Å². The molecule has 0 aliphatic rings. The van der Waals surface area contributed by atoms with Gasteiger partial charge in [-0.2, -0.15) is 0 Å². The van der Waals surface area contributed by atoms with Crippen molar-refractivity contribution in [1.29, 1.82) is 0 Å². The van der Waals surface area contributed by atoms with E-state index >= 15 is 0 Å². The molecule has 0 aromatic heterocycles. The highest BCUT2D eigenvalue weighted by molar-refractivity contribution is 7.47. The molecule has 0 bridgehead atoms. The predicted octanol–water partition coefficient (Wildman–Crippen LogP) is 6.41. The van der Waals surface area contributed by atoms with Crippen molar-refractivity contribution in [2.24, 2.45) is 0 Å². The summed E-state index contributed by atoms with van der Waals surface area (Å²) in [5.74, 6) is -1.08. The Labute approximate surface area is 307 Å². The first kappa shape index (κ1) is 49.9. The molecule has 0 aromatic rings. The molecule has 6 N–H and O–H groups in total. The number of hydrogen-bond acceptors (Lipinski definition) is 12. The largest absolute Gasteiger partial charge is 0.472 e.